The van der Waals surface area contributed by atoms with Gasteiger partial charge in [0.1, 0.15) is 6.04 Å². The Kier molecular flexibility index (Phi) is 7.42. The Morgan fingerprint density at radius 2 is 2.00 bits per heavy atom. The largest absolute Gasteiger partial charge is 0.480 e. The van der Waals surface area contributed by atoms with Gasteiger partial charge in [-0.3, -0.25) is 4.79 Å². The average molecular weight is 203 g/mol. The molecule has 0 saturated carbocycles. The maximum atomic E-state index is 10.2. The lowest BCUT2D eigenvalue weighted by atomic mass is 10.0. The molecule has 4 nitrogen and oxygen atoms in total. The topological polar surface area (TPSA) is 72.5 Å². The molecule has 2 unspecified atom stereocenters. The molecule has 84 valence electrons. The Bertz CT molecular complexity index is 150. The van der Waals surface area contributed by atoms with E-state index >= 15 is 0 Å². The number of carbonyl (C=O) groups is 1. The number of ether oxygens (including phenoxy) is 1. The van der Waals surface area contributed by atoms with Crippen molar-refractivity contribution in [3.8, 4) is 0 Å². The van der Waals surface area contributed by atoms with Gasteiger partial charge in [-0.2, -0.15) is 0 Å². The summed E-state index contributed by atoms with van der Waals surface area (Å²) in [5.74, 6) is -0.841. The molecular formula is C10H21NO3. The molecule has 0 bridgehead atoms. The zero-order valence-corrected chi connectivity index (χ0v) is 9.03. The van der Waals surface area contributed by atoms with Gasteiger partial charge in [0.05, 0.1) is 0 Å². The number of hydrogen-bond donors (Lipinski definition) is 2. The van der Waals surface area contributed by atoms with Gasteiger partial charge in [0, 0.05) is 13.2 Å². The minimum absolute atomic E-state index is 0.0718. The highest BCUT2D eigenvalue weighted by molar-refractivity contribution is 5.73. The monoisotopic (exact) mass is 203 g/mol. The number of hydrogen-bond acceptors (Lipinski definition) is 3. The molecule has 0 radical (unpaired) electrons. The van der Waals surface area contributed by atoms with Gasteiger partial charge in [-0.1, -0.05) is 20.3 Å². The van der Waals surface area contributed by atoms with Crippen LogP contribution in [0.1, 0.15) is 33.1 Å². The molecule has 0 aromatic heterocycles. The van der Waals surface area contributed by atoms with Crippen molar-refractivity contribution in [1.82, 2.24) is 0 Å². The van der Waals surface area contributed by atoms with E-state index in [2.05, 4.69) is 0 Å². The lowest BCUT2D eigenvalue weighted by Crippen LogP contribution is -2.36. The van der Waals surface area contributed by atoms with E-state index in [4.69, 9.17) is 15.6 Å². The van der Waals surface area contributed by atoms with Crippen molar-refractivity contribution in [2.24, 2.45) is 11.7 Å². The fourth-order valence-electron chi connectivity index (χ4n) is 1.01. The summed E-state index contributed by atoms with van der Waals surface area (Å²) in [6.07, 6.45) is 3.37. The second-order valence-electron chi connectivity index (χ2n) is 3.57. The highest BCUT2D eigenvalue weighted by atomic mass is 16.5. The SMILES string of the molecule is C1CCOC1.CCC(C)C(N)C(=O)O. The van der Waals surface area contributed by atoms with Crippen molar-refractivity contribution in [2.45, 2.75) is 39.2 Å². The first-order valence-corrected chi connectivity index (χ1v) is 5.15. The van der Waals surface area contributed by atoms with Crippen molar-refractivity contribution in [3.05, 3.63) is 0 Å². The molecule has 1 fully saturated rings. The molecule has 14 heavy (non-hydrogen) atoms. The fourth-order valence-corrected chi connectivity index (χ4v) is 1.01. The number of aliphatic carboxylic acids is 1. The van der Waals surface area contributed by atoms with Crippen molar-refractivity contribution in [1.29, 1.82) is 0 Å². The smallest absolute Gasteiger partial charge is 0.320 e. The van der Waals surface area contributed by atoms with E-state index in [1.54, 1.807) is 0 Å². The Hall–Kier alpha value is -0.610. The van der Waals surface area contributed by atoms with Crippen LogP contribution < -0.4 is 5.73 Å². The molecule has 0 spiro atoms. The maximum absolute atomic E-state index is 10.2. The van der Waals surface area contributed by atoms with E-state index in [-0.39, 0.29) is 5.92 Å². The van der Waals surface area contributed by atoms with Crippen LogP contribution in [-0.2, 0) is 9.53 Å². The molecule has 0 aromatic rings. The van der Waals surface area contributed by atoms with Crippen LogP contribution in [0.2, 0.25) is 0 Å². The zero-order chi connectivity index (χ0) is 11.0. The van der Waals surface area contributed by atoms with Crippen molar-refractivity contribution >= 4 is 5.97 Å². The highest BCUT2D eigenvalue weighted by Gasteiger charge is 2.17. The molecule has 4 heteroatoms. The average Bonchev–Trinajstić information content (AvgIpc) is 2.73. The normalized spacial score (nSPS) is 19.4. The summed E-state index contributed by atoms with van der Waals surface area (Å²) in [4.78, 5) is 10.2. The van der Waals surface area contributed by atoms with Gasteiger partial charge < -0.3 is 15.6 Å². The number of carboxylic acid groups (broad SMARTS) is 1. The molecule has 0 aromatic carbocycles. The summed E-state index contributed by atoms with van der Waals surface area (Å²) in [7, 11) is 0. The van der Waals surface area contributed by atoms with E-state index in [0.717, 1.165) is 19.6 Å². The van der Waals surface area contributed by atoms with E-state index in [0.29, 0.717) is 0 Å². The number of carboxylic acids is 1. The van der Waals surface area contributed by atoms with Crippen LogP contribution in [0.4, 0.5) is 0 Å². The van der Waals surface area contributed by atoms with Gasteiger partial charge in [0.25, 0.3) is 0 Å². The number of nitrogens with two attached hydrogens (primary N) is 1. The lowest BCUT2D eigenvalue weighted by Gasteiger charge is -2.11. The molecule has 1 rings (SSSR count). The van der Waals surface area contributed by atoms with Crippen LogP contribution in [0, 0.1) is 5.92 Å². The second-order valence-corrected chi connectivity index (χ2v) is 3.57. The third-order valence-electron chi connectivity index (χ3n) is 2.37. The third kappa shape index (κ3) is 5.94. The first-order chi connectivity index (χ1) is 6.59. The minimum Gasteiger partial charge on any atom is -0.480 e. The maximum Gasteiger partial charge on any atom is 0.320 e. The van der Waals surface area contributed by atoms with E-state index in [9.17, 15) is 4.79 Å². The predicted molar refractivity (Wildman–Crippen MR) is 55.1 cm³/mol. The van der Waals surface area contributed by atoms with Gasteiger partial charge in [-0.25, -0.2) is 0 Å². The minimum atomic E-state index is -0.913. The summed E-state index contributed by atoms with van der Waals surface area (Å²) in [6.45, 7) is 5.76. The Balaban J connectivity index is 0.000000280. The molecule has 1 aliphatic rings. The van der Waals surface area contributed by atoms with Crippen LogP contribution in [-0.4, -0.2) is 30.3 Å². The summed E-state index contributed by atoms with van der Waals surface area (Å²) < 4.78 is 4.94. The van der Waals surface area contributed by atoms with E-state index in [1.807, 2.05) is 13.8 Å². The van der Waals surface area contributed by atoms with Gasteiger partial charge in [0.15, 0.2) is 0 Å². The molecule has 2 atom stereocenters. The van der Waals surface area contributed by atoms with Crippen LogP contribution >= 0.6 is 0 Å². The summed E-state index contributed by atoms with van der Waals surface area (Å²) >= 11 is 0. The highest BCUT2D eigenvalue weighted by Crippen LogP contribution is 2.04. The molecule has 0 aliphatic carbocycles. The van der Waals surface area contributed by atoms with Gasteiger partial charge in [-0.05, 0) is 18.8 Å². The van der Waals surface area contributed by atoms with Crippen LogP contribution in [0.25, 0.3) is 0 Å². The van der Waals surface area contributed by atoms with Crippen molar-refractivity contribution in [3.63, 3.8) is 0 Å². The standard InChI is InChI=1S/C6H13NO2.C4H8O/c1-3-4(2)5(7)6(8)9;1-2-4-5-3-1/h4-5H,3,7H2,1-2H3,(H,8,9);1-4H2. The summed E-state index contributed by atoms with van der Waals surface area (Å²) in [6, 6.07) is -0.699. The Morgan fingerprint density at radius 3 is 2.14 bits per heavy atom. The van der Waals surface area contributed by atoms with Crippen molar-refractivity contribution < 1.29 is 14.6 Å². The molecule has 0 amide bonds. The first kappa shape index (κ1) is 13.4. The molecule has 1 aliphatic heterocycles. The van der Waals surface area contributed by atoms with Gasteiger partial charge >= 0.3 is 5.97 Å². The Morgan fingerprint density at radius 1 is 1.50 bits per heavy atom. The second kappa shape index (κ2) is 7.76. The molecule has 3 N–H and O–H groups in total. The Labute approximate surface area is 85.4 Å². The molecule has 1 heterocycles. The first-order valence-electron chi connectivity index (χ1n) is 5.15. The van der Waals surface area contributed by atoms with E-state index < -0.39 is 12.0 Å². The van der Waals surface area contributed by atoms with E-state index in [1.165, 1.54) is 12.8 Å². The van der Waals surface area contributed by atoms with Crippen molar-refractivity contribution in [2.75, 3.05) is 13.2 Å². The molecular weight excluding hydrogens is 182 g/mol. The van der Waals surface area contributed by atoms with Gasteiger partial charge in [-0.15, -0.1) is 0 Å². The van der Waals surface area contributed by atoms with Crippen LogP contribution in [0.3, 0.4) is 0 Å². The summed E-state index contributed by atoms with van der Waals surface area (Å²) in [5.41, 5.74) is 5.27. The zero-order valence-electron chi connectivity index (χ0n) is 9.03. The molecule has 1 saturated heterocycles. The quantitative estimate of drug-likeness (QED) is 0.724. The fraction of sp³-hybridized carbons (Fsp3) is 0.900. The summed E-state index contributed by atoms with van der Waals surface area (Å²) in [5, 5.41) is 8.36. The third-order valence-corrected chi connectivity index (χ3v) is 2.37. The van der Waals surface area contributed by atoms with Crippen LogP contribution in [0.15, 0.2) is 0 Å². The number of rotatable bonds is 3. The predicted octanol–water partition coefficient (Wildman–Crippen LogP) is 1.24. The lowest BCUT2D eigenvalue weighted by molar-refractivity contribution is -0.139. The van der Waals surface area contributed by atoms with Gasteiger partial charge in [0.2, 0.25) is 0 Å². The van der Waals surface area contributed by atoms with Crippen LogP contribution in [0.5, 0.6) is 0 Å².